The molecule has 1 saturated carbocycles. The molecule has 28 heavy (non-hydrogen) atoms. The third-order valence-electron chi connectivity index (χ3n) is 6.12. The molecule has 154 valence electrons. The van der Waals surface area contributed by atoms with Crippen LogP contribution >= 0.6 is 0 Å². The summed E-state index contributed by atoms with van der Waals surface area (Å²) in [5.41, 5.74) is -0.405. The first kappa shape index (κ1) is 20.8. The van der Waals surface area contributed by atoms with Gasteiger partial charge in [0.15, 0.2) is 5.78 Å². The largest absolute Gasteiger partial charge is 0.416 e. The Morgan fingerprint density at radius 1 is 0.964 bits per heavy atom. The fraction of sp³-hybridized carbons (Fsp3) is 0.619. The highest BCUT2D eigenvalue weighted by atomic mass is 19.4. The third-order valence-corrected chi connectivity index (χ3v) is 6.12. The summed E-state index contributed by atoms with van der Waals surface area (Å²) in [6.07, 6.45) is -1.77. The number of piperazine rings is 1. The summed E-state index contributed by atoms with van der Waals surface area (Å²) in [4.78, 5) is 28.9. The highest BCUT2D eigenvalue weighted by Gasteiger charge is 2.42. The van der Waals surface area contributed by atoms with Gasteiger partial charge in [0.05, 0.1) is 5.56 Å². The molecule has 7 heteroatoms. The maximum absolute atomic E-state index is 12.6. The van der Waals surface area contributed by atoms with Crippen molar-refractivity contribution >= 4 is 11.7 Å². The van der Waals surface area contributed by atoms with Gasteiger partial charge in [-0.25, -0.2) is 0 Å². The van der Waals surface area contributed by atoms with Gasteiger partial charge in [0, 0.05) is 50.1 Å². The SMILES string of the molecule is CC(C)(C1CC1)N1CCN(C(=O)CCC(=O)c2ccc(C(F)(F)F)cc2)CC1. The Labute approximate surface area is 163 Å². The van der Waals surface area contributed by atoms with Crippen molar-refractivity contribution in [2.45, 2.75) is 51.2 Å². The third kappa shape index (κ3) is 4.74. The average molecular weight is 396 g/mol. The zero-order chi connectivity index (χ0) is 20.5. The van der Waals surface area contributed by atoms with Crippen LogP contribution in [0.5, 0.6) is 0 Å². The van der Waals surface area contributed by atoms with Crippen molar-refractivity contribution in [2.24, 2.45) is 5.92 Å². The number of nitrogens with zero attached hydrogens (tertiary/aromatic N) is 2. The van der Waals surface area contributed by atoms with E-state index in [0.717, 1.165) is 31.1 Å². The fourth-order valence-corrected chi connectivity index (χ4v) is 3.95. The fourth-order valence-electron chi connectivity index (χ4n) is 3.95. The molecule has 4 nitrogen and oxygen atoms in total. The zero-order valence-electron chi connectivity index (χ0n) is 16.4. The molecule has 0 atom stereocenters. The molecule has 0 bridgehead atoms. The van der Waals surface area contributed by atoms with Gasteiger partial charge in [0.2, 0.25) is 5.91 Å². The molecule has 1 aliphatic carbocycles. The standard InChI is InChI=1S/C21H27F3N2O2/c1-20(2,16-7-8-16)26-13-11-25(12-14-26)19(28)10-9-18(27)15-3-5-17(6-4-15)21(22,23)24/h3-6,16H,7-14H2,1-2H3. The van der Waals surface area contributed by atoms with Crippen LogP contribution in [-0.2, 0) is 11.0 Å². The van der Waals surface area contributed by atoms with E-state index in [-0.39, 0.29) is 35.6 Å². The van der Waals surface area contributed by atoms with Crippen molar-refractivity contribution in [2.75, 3.05) is 26.2 Å². The summed E-state index contributed by atoms with van der Waals surface area (Å²) in [5, 5.41) is 0. The lowest BCUT2D eigenvalue weighted by molar-refractivity contribution is -0.137. The first-order valence-electron chi connectivity index (χ1n) is 9.82. The summed E-state index contributed by atoms with van der Waals surface area (Å²) in [6.45, 7) is 7.52. The van der Waals surface area contributed by atoms with Crippen LogP contribution in [0.25, 0.3) is 0 Å². The van der Waals surface area contributed by atoms with Crippen molar-refractivity contribution in [3.8, 4) is 0 Å². The Morgan fingerprint density at radius 2 is 1.54 bits per heavy atom. The van der Waals surface area contributed by atoms with Gasteiger partial charge in [0.25, 0.3) is 0 Å². The molecule has 1 amide bonds. The van der Waals surface area contributed by atoms with Gasteiger partial charge in [-0.3, -0.25) is 14.5 Å². The average Bonchev–Trinajstić information content (AvgIpc) is 3.51. The van der Waals surface area contributed by atoms with E-state index in [1.54, 1.807) is 4.90 Å². The highest BCUT2D eigenvalue weighted by Crippen LogP contribution is 2.43. The van der Waals surface area contributed by atoms with Crippen molar-refractivity contribution in [3.63, 3.8) is 0 Å². The number of halogens is 3. The monoisotopic (exact) mass is 396 g/mol. The number of hydrogen-bond donors (Lipinski definition) is 0. The van der Waals surface area contributed by atoms with Crippen molar-refractivity contribution in [1.29, 1.82) is 0 Å². The van der Waals surface area contributed by atoms with Crippen LogP contribution in [-0.4, -0.2) is 53.2 Å². The van der Waals surface area contributed by atoms with Crippen LogP contribution in [0.3, 0.4) is 0 Å². The molecule has 0 N–H and O–H groups in total. The number of benzene rings is 1. The maximum atomic E-state index is 12.6. The second-order valence-corrected chi connectivity index (χ2v) is 8.29. The zero-order valence-corrected chi connectivity index (χ0v) is 16.4. The van der Waals surface area contributed by atoms with E-state index >= 15 is 0 Å². The quantitative estimate of drug-likeness (QED) is 0.683. The minimum absolute atomic E-state index is 0.0119. The van der Waals surface area contributed by atoms with E-state index < -0.39 is 11.7 Å². The highest BCUT2D eigenvalue weighted by molar-refractivity contribution is 5.98. The van der Waals surface area contributed by atoms with Gasteiger partial charge in [-0.2, -0.15) is 13.2 Å². The maximum Gasteiger partial charge on any atom is 0.416 e. The Balaban J connectivity index is 1.46. The summed E-state index contributed by atoms with van der Waals surface area (Å²) >= 11 is 0. The molecule has 2 aliphatic rings. The van der Waals surface area contributed by atoms with E-state index in [4.69, 9.17) is 0 Å². The van der Waals surface area contributed by atoms with Crippen LogP contribution in [0, 0.1) is 5.92 Å². The number of hydrogen-bond acceptors (Lipinski definition) is 3. The number of carbonyl (C=O) groups excluding carboxylic acids is 2. The lowest BCUT2D eigenvalue weighted by Crippen LogP contribution is -2.56. The van der Waals surface area contributed by atoms with E-state index in [9.17, 15) is 22.8 Å². The van der Waals surface area contributed by atoms with Crippen LogP contribution in [0.15, 0.2) is 24.3 Å². The molecule has 0 spiro atoms. The Hall–Kier alpha value is -1.89. The topological polar surface area (TPSA) is 40.6 Å². The van der Waals surface area contributed by atoms with Gasteiger partial charge >= 0.3 is 6.18 Å². The molecule has 0 unspecified atom stereocenters. The predicted molar refractivity (Wildman–Crippen MR) is 100.0 cm³/mol. The Morgan fingerprint density at radius 3 is 2.04 bits per heavy atom. The Kier molecular flexibility index (Phi) is 5.84. The lowest BCUT2D eigenvalue weighted by atomic mass is 9.95. The summed E-state index contributed by atoms with van der Waals surface area (Å²) in [5.74, 6) is 0.371. The minimum atomic E-state index is -4.42. The summed E-state index contributed by atoms with van der Waals surface area (Å²) in [7, 11) is 0. The van der Waals surface area contributed by atoms with E-state index in [1.165, 1.54) is 25.0 Å². The molecule has 1 aromatic carbocycles. The van der Waals surface area contributed by atoms with Crippen molar-refractivity contribution in [1.82, 2.24) is 9.80 Å². The minimum Gasteiger partial charge on any atom is -0.340 e. The van der Waals surface area contributed by atoms with Crippen molar-refractivity contribution < 1.29 is 22.8 Å². The molecule has 1 saturated heterocycles. The molecule has 0 radical (unpaired) electrons. The molecule has 1 heterocycles. The second kappa shape index (κ2) is 7.85. The molecule has 1 aromatic rings. The normalized spacial score (nSPS) is 19.0. The molecular weight excluding hydrogens is 369 g/mol. The summed E-state index contributed by atoms with van der Waals surface area (Å²) in [6, 6.07) is 4.15. The molecule has 0 aromatic heterocycles. The van der Waals surface area contributed by atoms with Gasteiger partial charge in [-0.1, -0.05) is 12.1 Å². The molecule has 2 fully saturated rings. The number of ketones is 1. The van der Waals surface area contributed by atoms with E-state index in [0.29, 0.717) is 13.1 Å². The van der Waals surface area contributed by atoms with Crippen LogP contribution in [0.4, 0.5) is 13.2 Å². The van der Waals surface area contributed by atoms with Crippen molar-refractivity contribution in [3.05, 3.63) is 35.4 Å². The predicted octanol–water partition coefficient (Wildman–Crippen LogP) is 4.00. The Bertz CT molecular complexity index is 716. The molecule has 1 aliphatic heterocycles. The molecular formula is C21H27F3N2O2. The number of alkyl halides is 3. The number of rotatable bonds is 6. The van der Waals surface area contributed by atoms with Crippen LogP contribution < -0.4 is 0 Å². The summed E-state index contributed by atoms with van der Waals surface area (Å²) < 4.78 is 37.8. The lowest BCUT2D eigenvalue weighted by Gasteiger charge is -2.44. The van der Waals surface area contributed by atoms with E-state index in [1.807, 2.05) is 0 Å². The van der Waals surface area contributed by atoms with Gasteiger partial charge in [-0.15, -0.1) is 0 Å². The van der Waals surface area contributed by atoms with Gasteiger partial charge in [-0.05, 0) is 44.7 Å². The van der Waals surface area contributed by atoms with Crippen LogP contribution in [0.2, 0.25) is 0 Å². The number of amides is 1. The van der Waals surface area contributed by atoms with Crippen LogP contribution in [0.1, 0.15) is 55.5 Å². The smallest absolute Gasteiger partial charge is 0.340 e. The number of Topliss-reactive ketones (excluding diaryl/α,β-unsaturated/α-hetero) is 1. The van der Waals surface area contributed by atoms with Gasteiger partial charge in [0.1, 0.15) is 0 Å². The first-order valence-corrected chi connectivity index (χ1v) is 9.82. The second-order valence-electron chi connectivity index (χ2n) is 8.29. The van der Waals surface area contributed by atoms with E-state index in [2.05, 4.69) is 18.7 Å². The first-order chi connectivity index (χ1) is 13.1. The number of carbonyl (C=O) groups is 2. The molecule has 3 rings (SSSR count). The van der Waals surface area contributed by atoms with Gasteiger partial charge < -0.3 is 4.90 Å².